The Labute approximate surface area is 166 Å². The molecule has 0 unspecified atom stereocenters. The van der Waals surface area contributed by atoms with Crippen molar-refractivity contribution in [2.45, 2.75) is 13.5 Å². The van der Waals surface area contributed by atoms with Crippen molar-refractivity contribution in [2.24, 2.45) is 0 Å². The maximum Gasteiger partial charge on any atom is 0.344 e. The Kier molecular flexibility index (Phi) is 5.07. The van der Waals surface area contributed by atoms with Gasteiger partial charge in [-0.3, -0.25) is 0 Å². The summed E-state index contributed by atoms with van der Waals surface area (Å²) in [6, 6.07) is 16.5. The molecule has 0 radical (unpaired) electrons. The smallest absolute Gasteiger partial charge is 0.344 e. The third-order valence-electron chi connectivity index (χ3n) is 4.24. The van der Waals surface area contributed by atoms with Crippen LogP contribution in [0.15, 0.2) is 63.6 Å². The third-order valence-corrected chi connectivity index (χ3v) is 4.24. The van der Waals surface area contributed by atoms with Crippen LogP contribution >= 0.6 is 0 Å². The van der Waals surface area contributed by atoms with E-state index >= 15 is 0 Å². The van der Waals surface area contributed by atoms with E-state index in [-0.39, 0.29) is 18.1 Å². The molecule has 0 bridgehead atoms. The van der Waals surface area contributed by atoms with Crippen molar-refractivity contribution in [3.05, 3.63) is 71.8 Å². The van der Waals surface area contributed by atoms with Gasteiger partial charge in [-0.15, -0.1) is 0 Å². The molecule has 2 aromatic heterocycles. The number of methoxy groups -OCH3 is 1. The fourth-order valence-electron chi connectivity index (χ4n) is 2.80. The zero-order valence-electron chi connectivity index (χ0n) is 15.8. The number of carbonyl (C=O) groups excluding carboxylic acids is 1. The molecule has 8 nitrogen and oxygen atoms in total. The van der Waals surface area contributed by atoms with Crippen LogP contribution < -0.4 is 4.74 Å². The van der Waals surface area contributed by atoms with E-state index in [1.54, 1.807) is 20.1 Å². The Morgan fingerprint density at radius 3 is 2.59 bits per heavy atom. The predicted molar refractivity (Wildman–Crippen MR) is 102 cm³/mol. The molecule has 4 rings (SSSR count). The van der Waals surface area contributed by atoms with Crippen molar-refractivity contribution in [2.75, 3.05) is 7.11 Å². The SMILES string of the molecule is COc1cccc(-c2noc(COC(=O)c3c(-c4ccccc4)noc3C)n2)c1. The van der Waals surface area contributed by atoms with E-state index in [2.05, 4.69) is 15.3 Å². The van der Waals surface area contributed by atoms with E-state index in [0.29, 0.717) is 23.0 Å². The average Bonchev–Trinajstić information content (AvgIpc) is 3.39. The Morgan fingerprint density at radius 2 is 1.79 bits per heavy atom. The maximum atomic E-state index is 12.6. The molecule has 0 N–H and O–H groups in total. The van der Waals surface area contributed by atoms with Crippen LogP contribution in [0, 0.1) is 6.92 Å². The van der Waals surface area contributed by atoms with Crippen LogP contribution in [0.1, 0.15) is 22.0 Å². The predicted octanol–water partition coefficient (Wildman–Crippen LogP) is 4.07. The van der Waals surface area contributed by atoms with Crippen LogP contribution in [0.5, 0.6) is 5.75 Å². The van der Waals surface area contributed by atoms with Crippen molar-refractivity contribution in [3.8, 4) is 28.4 Å². The number of ether oxygens (including phenoxy) is 2. The highest BCUT2D eigenvalue weighted by molar-refractivity contribution is 5.97. The van der Waals surface area contributed by atoms with Crippen molar-refractivity contribution < 1.29 is 23.3 Å². The first-order valence-electron chi connectivity index (χ1n) is 8.81. The Hall–Kier alpha value is -3.94. The zero-order chi connectivity index (χ0) is 20.2. The summed E-state index contributed by atoms with van der Waals surface area (Å²) >= 11 is 0. The van der Waals surface area contributed by atoms with Gasteiger partial charge in [0.05, 0.1) is 7.11 Å². The third kappa shape index (κ3) is 3.86. The largest absolute Gasteiger partial charge is 0.497 e. The van der Waals surface area contributed by atoms with Crippen molar-refractivity contribution >= 4 is 5.97 Å². The molecule has 2 heterocycles. The molecule has 0 aliphatic carbocycles. The number of aromatic nitrogens is 3. The standard InChI is InChI=1S/C21H17N3O5/c1-13-18(19(23-28-13)14-7-4-3-5-8-14)21(25)27-12-17-22-20(24-29-17)15-9-6-10-16(11-15)26-2/h3-11H,12H2,1-2H3. The summed E-state index contributed by atoms with van der Waals surface area (Å²) in [6.07, 6.45) is 0. The molecular weight excluding hydrogens is 374 g/mol. The lowest BCUT2D eigenvalue weighted by atomic mass is 10.1. The molecule has 0 saturated heterocycles. The van der Waals surface area contributed by atoms with Gasteiger partial charge in [-0.1, -0.05) is 52.8 Å². The lowest BCUT2D eigenvalue weighted by Crippen LogP contribution is -2.07. The van der Waals surface area contributed by atoms with Gasteiger partial charge in [0.25, 0.3) is 5.89 Å². The summed E-state index contributed by atoms with van der Waals surface area (Å²) in [5.41, 5.74) is 2.18. The molecule has 146 valence electrons. The van der Waals surface area contributed by atoms with Gasteiger partial charge in [-0.2, -0.15) is 4.98 Å². The summed E-state index contributed by atoms with van der Waals surface area (Å²) < 4.78 is 20.9. The number of benzene rings is 2. The number of nitrogens with zero attached hydrogens (tertiary/aromatic N) is 3. The monoisotopic (exact) mass is 391 g/mol. The van der Waals surface area contributed by atoms with E-state index in [1.807, 2.05) is 48.5 Å². The highest BCUT2D eigenvalue weighted by Gasteiger charge is 2.23. The fourth-order valence-corrected chi connectivity index (χ4v) is 2.80. The number of hydrogen-bond donors (Lipinski definition) is 0. The first-order valence-corrected chi connectivity index (χ1v) is 8.81. The number of carbonyl (C=O) groups is 1. The molecule has 8 heteroatoms. The van der Waals surface area contributed by atoms with Crippen LogP contribution in [0.2, 0.25) is 0 Å². The van der Waals surface area contributed by atoms with Gasteiger partial charge in [0.15, 0.2) is 6.61 Å². The number of esters is 1. The van der Waals surface area contributed by atoms with E-state index in [4.69, 9.17) is 18.5 Å². The normalized spacial score (nSPS) is 10.7. The molecule has 0 aliphatic heterocycles. The van der Waals surface area contributed by atoms with Crippen LogP contribution in [0.25, 0.3) is 22.6 Å². The molecule has 0 saturated carbocycles. The summed E-state index contributed by atoms with van der Waals surface area (Å²) in [5, 5.41) is 7.90. The summed E-state index contributed by atoms with van der Waals surface area (Å²) in [4.78, 5) is 16.9. The highest BCUT2D eigenvalue weighted by Crippen LogP contribution is 2.26. The van der Waals surface area contributed by atoms with E-state index in [9.17, 15) is 4.79 Å². The van der Waals surface area contributed by atoms with E-state index < -0.39 is 5.97 Å². The summed E-state index contributed by atoms with van der Waals surface area (Å²) in [7, 11) is 1.58. The molecule has 0 aliphatic rings. The summed E-state index contributed by atoms with van der Waals surface area (Å²) in [5.74, 6) is 1.02. The molecule has 2 aromatic carbocycles. The minimum atomic E-state index is -0.580. The molecule has 29 heavy (non-hydrogen) atoms. The quantitative estimate of drug-likeness (QED) is 0.454. The van der Waals surface area contributed by atoms with Gasteiger partial charge < -0.3 is 18.5 Å². The van der Waals surface area contributed by atoms with Gasteiger partial charge in [-0.05, 0) is 19.1 Å². The van der Waals surface area contributed by atoms with Gasteiger partial charge in [0, 0.05) is 11.1 Å². The lowest BCUT2D eigenvalue weighted by Gasteiger charge is -2.03. The highest BCUT2D eigenvalue weighted by atomic mass is 16.6. The van der Waals surface area contributed by atoms with Crippen LogP contribution in [-0.4, -0.2) is 28.4 Å². The van der Waals surface area contributed by atoms with Gasteiger partial charge >= 0.3 is 5.97 Å². The molecule has 4 aromatic rings. The second-order valence-electron chi connectivity index (χ2n) is 6.15. The second kappa shape index (κ2) is 7.97. The van der Waals surface area contributed by atoms with Crippen molar-refractivity contribution in [1.29, 1.82) is 0 Å². The number of aryl methyl sites for hydroxylation is 1. The first-order chi connectivity index (χ1) is 14.2. The van der Waals surface area contributed by atoms with Gasteiger partial charge in [-0.25, -0.2) is 4.79 Å². The minimum absolute atomic E-state index is 0.172. The van der Waals surface area contributed by atoms with Crippen LogP contribution in [0.4, 0.5) is 0 Å². The average molecular weight is 391 g/mol. The van der Waals surface area contributed by atoms with Crippen LogP contribution in [0.3, 0.4) is 0 Å². The van der Waals surface area contributed by atoms with Crippen LogP contribution in [-0.2, 0) is 11.3 Å². The first kappa shape index (κ1) is 18.4. The Morgan fingerprint density at radius 1 is 1.00 bits per heavy atom. The Bertz CT molecular complexity index is 1130. The number of hydrogen-bond acceptors (Lipinski definition) is 8. The maximum absolute atomic E-state index is 12.6. The summed E-state index contributed by atoms with van der Waals surface area (Å²) in [6.45, 7) is 1.48. The zero-order valence-corrected chi connectivity index (χ0v) is 15.8. The minimum Gasteiger partial charge on any atom is -0.497 e. The van der Waals surface area contributed by atoms with Crippen molar-refractivity contribution in [1.82, 2.24) is 15.3 Å². The lowest BCUT2D eigenvalue weighted by molar-refractivity contribution is 0.0428. The van der Waals surface area contributed by atoms with E-state index in [1.165, 1.54) is 0 Å². The molecule has 0 fully saturated rings. The topological polar surface area (TPSA) is 100 Å². The molecular formula is C21H17N3O5. The molecule has 0 spiro atoms. The molecule has 0 amide bonds. The Balaban J connectivity index is 1.49. The van der Waals surface area contributed by atoms with E-state index in [0.717, 1.165) is 11.1 Å². The van der Waals surface area contributed by atoms with Gasteiger partial charge in [0.2, 0.25) is 5.82 Å². The second-order valence-corrected chi connectivity index (χ2v) is 6.15. The number of rotatable bonds is 6. The van der Waals surface area contributed by atoms with Crippen molar-refractivity contribution in [3.63, 3.8) is 0 Å². The van der Waals surface area contributed by atoms with Gasteiger partial charge in [0.1, 0.15) is 22.8 Å². The fraction of sp³-hybridized carbons (Fsp3) is 0.143. The molecule has 0 atom stereocenters.